The summed E-state index contributed by atoms with van der Waals surface area (Å²) in [7, 11) is 0. The van der Waals surface area contributed by atoms with Gasteiger partial charge in [0, 0.05) is 22.4 Å². The quantitative estimate of drug-likeness (QED) is 0.509. The summed E-state index contributed by atoms with van der Waals surface area (Å²) in [5.41, 5.74) is 0.596. The van der Waals surface area contributed by atoms with Crippen LogP contribution in [0.2, 0.25) is 0 Å². The van der Waals surface area contributed by atoms with Crippen molar-refractivity contribution in [1.82, 2.24) is 9.97 Å². The molecule has 0 atom stereocenters. The molecular weight excluding hydrogens is 416 g/mol. The van der Waals surface area contributed by atoms with E-state index in [9.17, 15) is 4.79 Å². The average molecular weight is 423 g/mol. The third kappa shape index (κ3) is 6.05. The second kappa shape index (κ2) is 7.68. The SMILES string of the molecule is Brc1ccc(Br)nc1.O=Cc1ccc(Br)nc1. The van der Waals surface area contributed by atoms with Gasteiger partial charge < -0.3 is 0 Å². The number of nitrogens with zero attached hydrogens (tertiary/aromatic N) is 2. The molecule has 2 rings (SSSR count). The van der Waals surface area contributed by atoms with E-state index >= 15 is 0 Å². The molecule has 88 valence electrons. The maximum Gasteiger partial charge on any atom is 0.151 e. The minimum Gasteiger partial charge on any atom is -0.298 e. The molecule has 0 spiro atoms. The number of pyridine rings is 2. The standard InChI is InChI=1S/C6H4BrNO.C5H3Br2N/c7-6-2-1-5(4-9)3-8-6;6-4-1-2-5(7)8-3-4/h1-4H;1-3H. The van der Waals surface area contributed by atoms with Crippen molar-refractivity contribution in [2.24, 2.45) is 0 Å². The molecule has 0 amide bonds. The zero-order valence-electron chi connectivity index (χ0n) is 8.48. The number of carbonyl (C=O) groups excluding carboxylic acids is 1. The van der Waals surface area contributed by atoms with Gasteiger partial charge in [-0.3, -0.25) is 4.79 Å². The Morgan fingerprint density at radius 2 is 1.47 bits per heavy atom. The predicted molar refractivity (Wildman–Crippen MR) is 77.0 cm³/mol. The minimum atomic E-state index is 0.596. The summed E-state index contributed by atoms with van der Waals surface area (Å²) in [6.45, 7) is 0. The largest absolute Gasteiger partial charge is 0.298 e. The maximum atomic E-state index is 10.1. The van der Waals surface area contributed by atoms with Gasteiger partial charge in [0.05, 0.1) is 0 Å². The van der Waals surface area contributed by atoms with Crippen LogP contribution in [-0.4, -0.2) is 16.3 Å². The Morgan fingerprint density at radius 1 is 0.882 bits per heavy atom. The molecule has 2 aromatic heterocycles. The molecule has 0 aliphatic rings. The number of aromatic nitrogens is 2. The van der Waals surface area contributed by atoms with E-state index < -0.39 is 0 Å². The average Bonchev–Trinajstić information content (AvgIpc) is 2.35. The van der Waals surface area contributed by atoms with Crippen LogP contribution in [0.4, 0.5) is 0 Å². The zero-order chi connectivity index (χ0) is 12.7. The summed E-state index contributed by atoms with van der Waals surface area (Å²) in [6.07, 6.45) is 4.01. The fourth-order valence-electron chi connectivity index (χ4n) is 0.815. The van der Waals surface area contributed by atoms with Crippen LogP contribution in [0.25, 0.3) is 0 Å². The van der Waals surface area contributed by atoms with Crippen molar-refractivity contribution in [1.29, 1.82) is 0 Å². The topological polar surface area (TPSA) is 42.9 Å². The van der Waals surface area contributed by atoms with E-state index in [0.29, 0.717) is 5.56 Å². The van der Waals surface area contributed by atoms with Gasteiger partial charge in [-0.25, -0.2) is 9.97 Å². The van der Waals surface area contributed by atoms with Gasteiger partial charge in [-0.15, -0.1) is 0 Å². The first-order valence-corrected chi connectivity index (χ1v) is 6.83. The van der Waals surface area contributed by atoms with Crippen molar-refractivity contribution < 1.29 is 4.79 Å². The highest BCUT2D eigenvalue weighted by Gasteiger charge is 1.87. The lowest BCUT2D eigenvalue weighted by molar-refractivity contribution is 0.112. The highest BCUT2D eigenvalue weighted by atomic mass is 79.9. The van der Waals surface area contributed by atoms with E-state index in [0.717, 1.165) is 20.0 Å². The summed E-state index contributed by atoms with van der Waals surface area (Å²) in [4.78, 5) is 17.8. The molecule has 0 unspecified atom stereocenters. The van der Waals surface area contributed by atoms with Crippen LogP contribution in [-0.2, 0) is 0 Å². The fraction of sp³-hybridized carbons (Fsp3) is 0. The number of hydrogen-bond acceptors (Lipinski definition) is 3. The minimum absolute atomic E-state index is 0.596. The van der Waals surface area contributed by atoms with Gasteiger partial charge in [0.1, 0.15) is 9.21 Å². The van der Waals surface area contributed by atoms with E-state index in [-0.39, 0.29) is 0 Å². The second-order valence-corrected chi connectivity index (χ2v) is 5.37. The molecule has 0 N–H and O–H groups in total. The number of rotatable bonds is 1. The molecular formula is C11H7Br3N2O. The highest BCUT2D eigenvalue weighted by molar-refractivity contribution is 9.11. The van der Waals surface area contributed by atoms with Gasteiger partial charge in [-0.2, -0.15) is 0 Å². The van der Waals surface area contributed by atoms with Crippen LogP contribution >= 0.6 is 47.8 Å². The van der Waals surface area contributed by atoms with Crippen molar-refractivity contribution in [3.63, 3.8) is 0 Å². The molecule has 0 fully saturated rings. The molecule has 0 bridgehead atoms. The summed E-state index contributed by atoms with van der Waals surface area (Å²) in [6, 6.07) is 7.23. The van der Waals surface area contributed by atoms with Gasteiger partial charge in [0.15, 0.2) is 6.29 Å². The van der Waals surface area contributed by atoms with Gasteiger partial charge in [-0.1, -0.05) is 0 Å². The Morgan fingerprint density at radius 3 is 1.82 bits per heavy atom. The smallest absolute Gasteiger partial charge is 0.151 e. The van der Waals surface area contributed by atoms with Crippen molar-refractivity contribution >= 4 is 54.1 Å². The molecule has 0 radical (unpaired) electrons. The molecule has 6 heteroatoms. The maximum absolute atomic E-state index is 10.1. The summed E-state index contributed by atoms with van der Waals surface area (Å²) >= 11 is 9.62. The van der Waals surface area contributed by atoms with E-state index in [4.69, 9.17) is 0 Å². The molecule has 2 aromatic rings. The molecule has 3 nitrogen and oxygen atoms in total. The number of aldehydes is 1. The van der Waals surface area contributed by atoms with Crippen molar-refractivity contribution in [3.8, 4) is 0 Å². The fourth-order valence-corrected chi connectivity index (χ4v) is 1.52. The predicted octanol–water partition coefficient (Wildman–Crippen LogP) is 4.26. The lowest BCUT2D eigenvalue weighted by atomic mass is 10.3. The second-order valence-electron chi connectivity index (χ2n) is 2.83. The molecule has 0 aromatic carbocycles. The van der Waals surface area contributed by atoms with Crippen LogP contribution in [0.3, 0.4) is 0 Å². The van der Waals surface area contributed by atoms with Gasteiger partial charge >= 0.3 is 0 Å². The van der Waals surface area contributed by atoms with E-state index in [1.54, 1.807) is 18.3 Å². The third-order valence-electron chi connectivity index (χ3n) is 1.58. The molecule has 0 aliphatic carbocycles. The Kier molecular flexibility index (Phi) is 6.54. The zero-order valence-corrected chi connectivity index (χ0v) is 13.2. The first-order valence-electron chi connectivity index (χ1n) is 4.45. The summed E-state index contributed by atoms with van der Waals surface area (Å²) in [5.74, 6) is 0. The number of hydrogen-bond donors (Lipinski definition) is 0. The Labute approximate surface area is 124 Å². The Balaban J connectivity index is 0.000000171. The lowest BCUT2D eigenvalue weighted by Crippen LogP contribution is -1.80. The monoisotopic (exact) mass is 420 g/mol. The molecule has 17 heavy (non-hydrogen) atoms. The van der Waals surface area contributed by atoms with Crippen LogP contribution in [0.1, 0.15) is 10.4 Å². The van der Waals surface area contributed by atoms with Crippen LogP contribution in [0, 0.1) is 0 Å². The highest BCUT2D eigenvalue weighted by Crippen LogP contribution is 2.10. The van der Waals surface area contributed by atoms with E-state index in [2.05, 4.69) is 57.8 Å². The Hall–Kier alpha value is -0.590. The molecule has 0 aliphatic heterocycles. The molecule has 0 saturated carbocycles. The van der Waals surface area contributed by atoms with E-state index in [1.165, 1.54) is 6.20 Å². The first kappa shape index (κ1) is 14.5. The molecule has 0 saturated heterocycles. The van der Waals surface area contributed by atoms with E-state index in [1.807, 2.05) is 12.1 Å². The number of halogens is 3. The Bertz CT molecular complexity index is 450. The van der Waals surface area contributed by atoms with Crippen LogP contribution in [0.15, 0.2) is 50.3 Å². The van der Waals surface area contributed by atoms with Crippen LogP contribution < -0.4 is 0 Å². The number of carbonyl (C=O) groups is 1. The van der Waals surface area contributed by atoms with Crippen molar-refractivity contribution in [2.75, 3.05) is 0 Å². The van der Waals surface area contributed by atoms with Gasteiger partial charge in [0.25, 0.3) is 0 Å². The van der Waals surface area contributed by atoms with Gasteiger partial charge in [0.2, 0.25) is 0 Å². The first-order chi connectivity index (χ1) is 8.11. The van der Waals surface area contributed by atoms with Crippen molar-refractivity contribution in [3.05, 3.63) is 55.9 Å². The lowest BCUT2D eigenvalue weighted by Gasteiger charge is -1.87. The van der Waals surface area contributed by atoms with Crippen molar-refractivity contribution in [2.45, 2.75) is 0 Å². The normalized spacial score (nSPS) is 9.12. The van der Waals surface area contributed by atoms with Gasteiger partial charge in [-0.05, 0) is 72.1 Å². The summed E-state index contributed by atoms with van der Waals surface area (Å²) in [5, 5.41) is 0. The summed E-state index contributed by atoms with van der Waals surface area (Å²) < 4.78 is 2.61. The van der Waals surface area contributed by atoms with Crippen LogP contribution in [0.5, 0.6) is 0 Å². The molecule has 2 heterocycles. The third-order valence-corrected chi connectivity index (χ3v) is 2.98.